The Morgan fingerprint density at radius 1 is 1.29 bits per heavy atom. The van der Waals surface area contributed by atoms with Gasteiger partial charge in [0.05, 0.1) is 13.7 Å². The molecule has 1 aromatic carbocycles. The molecule has 0 aliphatic rings. The number of rotatable bonds is 6. The number of methoxy groups -OCH3 is 1. The van der Waals surface area contributed by atoms with Crippen LogP contribution in [0.15, 0.2) is 35.9 Å². The fourth-order valence-electron chi connectivity index (χ4n) is 1.28. The molecule has 0 saturated heterocycles. The van der Waals surface area contributed by atoms with Gasteiger partial charge in [0.25, 0.3) is 6.01 Å². The zero-order chi connectivity index (χ0) is 12.7. The third kappa shape index (κ3) is 4.07. The van der Waals surface area contributed by atoms with Crippen LogP contribution in [-0.4, -0.2) is 18.8 Å². The first-order valence-corrected chi connectivity index (χ1v) is 5.45. The lowest BCUT2D eigenvalue weighted by atomic mass is 10.2. The summed E-state index contributed by atoms with van der Waals surface area (Å²) in [7, 11) is 1.59. The first kappa shape index (κ1) is 13.5. The lowest BCUT2D eigenvalue weighted by molar-refractivity contribution is 0.123. The molecule has 0 aromatic heterocycles. The van der Waals surface area contributed by atoms with Gasteiger partial charge in [-0.25, -0.2) is 0 Å². The van der Waals surface area contributed by atoms with Gasteiger partial charge in [-0.3, -0.25) is 0 Å². The van der Waals surface area contributed by atoms with Crippen molar-refractivity contribution in [3.63, 3.8) is 0 Å². The van der Waals surface area contributed by atoms with Crippen molar-refractivity contribution in [2.45, 2.75) is 20.0 Å². The molecule has 0 radical (unpaired) electrons. The van der Waals surface area contributed by atoms with Gasteiger partial charge in [0, 0.05) is 5.57 Å². The van der Waals surface area contributed by atoms with Gasteiger partial charge < -0.3 is 14.6 Å². The molecule has 0 spiro atoms. The van der Waals surface area contributed by atoms with Gasteiger partial charge in [0.2, 0.25) is 0 Å². The second-order valence-corrected chi connectivity index (χ2v) is 3.53. The van der Waals surface area contributed by atoms with Crippen molar-refractivity contribution in [2.24, 2.45) is 0 Å². The molecule has 1 N–H and O–H groups in total. The third-order valence-electron chi connectivity index (χ3n) is 2.42. The fraction of sp³-hybridized carbons (Fsp3) is 0.385. The standard InChI is InChI=1S/C13H17FO3/c1-3-11(8-15)13(14)17-9-10-4-6-12(16-2)7-5-10/h4-7,15H,3,8-9H2,1-2H3. The van der Waals surface area contributed by atoms with Crippen LogP contribution in [0, 0.1) is 0 Å². The number of halogens is 1. The number of aliphatic hydroxyl groups is 1. The molecule has 3 nitrogen and oxygen atoms in total. The lowest BCUT2D eigenvalue weighted by Crippen LogP contribution is -1.97. The number of ether oxygens (including phenoxy) is 2. The van der Waals surface area contributed by atoms with E-state index in [1.54, 1.807) is 38.3 Å². The van der Waals surface area contributed by atoms with Crippen LogP contribution in [0.4, 0.5) is 4.39 Å². The third-order valence-corrected chi connectivity index (χ3v) is 2.42. The highest BCUT2D eigenvalue weighted by molar-refractivity contribution is 5.26. The quantitative estimate of drug-likeness (QED) is 0.777. The fourth-order valence-corrected chi connectivity index (χ4v) is 1.28. The van der Waals surface area contributed by atoms with E-state index in [1.807, 2.05) is 0 Å². The van der Waals surface area contributed by atoms with E-state index in [-0.39, 0.29) is 18.8 Å². The summed E-state index contributed by atoms with van der Waals surface area (Å²) in [6, 6.07) is 6.49. The minimum atomic E-state index is -0.689. The van der Waals surface area contributed by atoms with E-state index in [0.29, 0.717) is 6.42 Å². The first-order valence-electron chi connectivity index (χ1n) is 5.45. The van der Waals surface area contributed by atoms with E-state index in [2.05, 4.69) is 0 Å². The molecule has 1 rings (SSSR count). The van der Waals surface area contributed by atoms with Gasteiger partial charge >= 0.3 is 0 Å². The zero-order valence-electron chi connectivity index (χ0n) is 10.1. The van der Waals surface area contributed by atoms with E-state index < -0.39 is 6.01 Å². The topological polar surface area (TPSA) is 38.7 Å². The summed E-state index contributed by atoms with van der Waals surface area (Å²) >= 11 is 0. The highest BCUT2D eigenvalue weighted by atomic mass is 19.1. The molecule has 0 aliphatic heterocycles. The minimum absolute atomic E-state index is 0.138. The first-order chi connectivity index (χ1) is 8.21. The molecule has 4 heteroatoms. The van der Waals surface area contributed by atoms with Crippen molar-refractivity contribution in [1.29, 1.82) is 0 Å². The molecule has 0 aliphatic carbocycles. The van der Waals surface area contributed by atoms with Crippen LogP contribution in [0.5, 0.6) is 5.75 Å². The summed E-state index contributed by atoms with van der Waals surface area (Å²) in [5.74, 6) is 0.745. The maximum Gasteiger partial charge on any atom is 0.274 e. The summed E-state index contributed by atoms with van der Waals surface area (Å²) in [5.41, 5.74) is 1.12. The minimum Gasteiger partial charge on any atom is -0.497 e. The van der Waals surface area contributed by atoms with E-state index >= 15 is 0 Å². The number of hydrogen-bond donors (Lipinski definition) is 1. The smallest absolute Gasteiger partial charge is 0.274 e. The van der Waals surface area contributed by atoms with E-state index in [4.69, 9.17) is 14.6 Å². The van der Waals surface area contributed by atoms with Gasteiger partial charge in [-0.15, -0.1) is 0 Å². The summed E-state index contributed by atoms with van der Waals surface area (Å²) in [4.78, 5) is 0. The Kier molecular flexibility index (Phi) is 5.49. The molecule has 0 bridgehead atoms. The molecule has 0 heterocycles. The molecule has 0 amide bonds. The van der Waals surface area contributed by atoms with Crippen LogP contribution in [0.1, 0.15) is 18.9 Å². The van der Waals surface area contributed by atoms with E-state index in [1.165, 1.54) is 0 Å². The Morgan fingerprint density at radius 3 is 2.41 bits per heavy atom. The van der Waals surface area contributed by atoms with Crippen LogP contribution < -0.4 is 4.74 Å². The number of aliphatic hydroxyl groups excluding tert-OH is 1. The van der Waals surface area contributed by atoms with Gasteiger partial charge in [-0.2, -0.15) is 4.39 Å². The van der Waals surface area contributed by atoms with E-state index in [0.717, 1.165) is 11.3 Å². The number of benzene rings is 1. The van der Waals surface area contributed by atoms with Crippen LogP contribution >= 0.6 is 0 Å². The van der Waals surface area contributed by atoms with Crippen LogP contribution in [0.2, 0.25) is 0 Å². The van der Waals surface area contributed by atoms with Crippen molar-refractivity contribution in [2.75, 3.05) is 13.7 Å². The highest BCUT2D eigenvalue weighted by Gasteiger charge is 2.05. The van der Waals surface area contributed by atoms with Gasteiger partial charge in [0.1, 0.15) is 12.4 Å². The lowest BCUT2D eigenvalue weighted by Gasteiger charge is -2.07. The molecule has 1 aromatic rings. The maximum absolute atomic E-state index is 13.4. The monoisotopic (exact) mass is 240 g/mol. The molecular formula is C13H17FO3. The molecule has 0 atom stereocenters. The molecule has 0 unspecified atom stereocenters. The van der Waals surface area contributed by atoms with Crippen molar-refractivity contribution in [3.05, 3.63) is 41.4 Å². The molecule has 0 fully saturated rings. The second-order valence-electron chi connectivity index (χ2n) is 3.53. The average Bonchev–Trinajstić information content (AvgIpc) is 2.38. The Bertz CT molecular complexity index is 365. The highest BCUT2D eigenvalue weighted by Crippen LogP contribution is 2.16. The number of hydrogen-bond acceptors (Lipinski definition) is 3. The van der Waals surface area contributed by atoms with Crippen molar-refractivity contribution < 1.29 is 19.0 Å². The average molecular weight is 240 g/mol. The SMILES string of the molecule is CCC(CO)=C(F)OCc1ccc(OC)cc1. The van der Waals surface area contributed by atoms with Crippen molar-refractivity contribution in [1.82, 2.24) is 0 Å². The maximum atomic E-state index is 13.4. The van der Waals surface area contributed by atoms with Crippen LogP contribution in [0.3, 0.4) is 0 Å². The summed E-state index contributed by atoms with van der Waals surface area (Å²) < 4.78 is 23.3. The normalized spacial score (nSPS) is 12.0. The Hall–Kier alpha value is -1.55. The second kappa shape index (κ2) is 6.91. The van der Waals surface area contributed by atoms with Crippen molar-refractivity contribution >= 4 is 0 Å². The van der Waals surface area contributed by atoms with Crippen molar-refractivity contribution in [3.8, 4) is 5.75 Å². The Balaban J connectivity index is 2.58. The zero-order valence-corrected chi connectivity index (χ0v) is 10.1. The van der Waals surface area contributed by atoms with Gasteiger partial charge in [-0.05, 0) is 24.1 Å². The predicted octanol–water partition coefficient (Wildman–Crippen LogP) is 2.80. The molecule has 0 saturated carbocycles. The largest absolute Gasteiger partial charge is 0.497 e. The summed E-state index contributed by atoms with van der Waals surface area (Å²) in [5, 5.41) is 8.87. The Labute approximate surface area is 100 Å². The van der Waals surface area contributed by atoms with Gasteiger partial charge in [-0.1, -0.05) is 19.1 Å². The van der Waals surface area contributed by atoms with Crippen LogP contribution in [-0.2, 0) is 11.3 Å². The molecule has 17 heavy (non-hydrogen) atoms. The van der Waals surface area contributed by atoms with Crippen LogP contribution in [0.25, 0.3) is 0 Å². The van der Waals surface area contributed by atoms with Gasteiger partial charge in [0.15, 0.2) is 0 Å². The molecular weight excluding hydrogens is 223 g/mol. The molecule has 94 valence electrons. The summed E-state index contributed by atoms with van der Waals surface area (Å²) in [6.07, 6.45) is 0.435. The van der Waals surface area contributed by atoms with E-state index in [9.17, 15) is 4.39 Å². The summed E-state index contributed by atoms with van der Waals surface area (Å²) in [6.45, 7) is 1.59. The predicted molar refractivity (Wildman–Crippen MR) is 63.3 cm³/mol. The Morgan fingerprint density at radius 2 is 1.94 bits per heavy atom.